The fourth-order valence-electron chi connectivity index (χ4n) is 1.74. The normalized spacial score (nSPS) is 19.2. The van der Waals surface area contributed by atoms with Crippen LogP contribution in [0, 0.1) is 5.92 Å². The van der Waals surface area contributed by atoms with Gasteiger partial charge in [-0.25, -0.2) is 0 Å². The van der Waals surface area contributed by atoms with Crippen LogP contribution >= 0.6 is 0 Å². The van der Waals surface area contributed by atoms with Crippen LogP contribution in [0.1, 0.15) is 39.0 Å². The zero-order chi connectivity index (χ0) is 9.52. The molecule has 2 heteroatoms. The van der Waals surface area contributed by atoms with E-state index in [0.717, 1.165) is 5.92 Å². The Kier molecular flexibility index (Phi) is 4.58. The van der Waals surface area contributed by atoms with Gasteiger partial charge in [0.15, 0.2) is 0 Å². The molecule has 2 nitrogen and oxygen atoms in total. The fraction of sp³-hybridized carbons (Fsp3) is 0.727. The third-order valence-electron chi connectivity index (χ3n) is 2.44. The van der Waals surface area contributed by atoms with Crippen molar-refractivity contribution < 1.29 is 9.53 Å². The lowest BCUT2D eigenvalue weighted by atomic mass is 9.89. The summed E-state index contributed by atoms with van der Waals surface area (Å²) in [5, 5.41) is 0. The van der Waals surface area contributed by atoms with E-state index in [-0.39, 0.29) is 5.97 Å². The van der Waals surface area contributed by atoms with Gasteiger partial charge in [-0.2, -0.15) is 0 Å². The zero-order valence-corrected chi connectivity index (χ0v) is 8.29. The number of esters is 1. The van der Waals surface area contributed by atoms with Gasteiger partial charge in [-0.05, 0) is 18.8 Å². The molecule has 0 bridgehead atoms. The molecule has 0 radical (unpaired) electrons. The monoisotopic (exact) mass is 182 g/mol. The molecule has 0 aromatic carbocycles. The first kappa shape index (κ1) is 10.3. The topological polar surface area (TPSA) is 26.3 Å². The molecule has 0 aliphatic heterocycles. The molecular formula is C11H18O2. The molecule has 1 rings (SSSR count). The van der Waals surface area contributed by atoms with Gasteiger partial charge in [-0.3, -0.25) is 4.79 Å². The van der Waals surface area contributed by atoms with Crippen LogP contribution in [0.25, 0.3) is 0 Å². The van der Waals surface area contributed by atoms with Gasteiger partial charge in [0.2, 0.25) is 0 Å². The lowest BCUT2D eigenvalue weighted by Gasteiger charge is -2.17. The Morgan fingerprint density at radius 3 is 2.69 bits per heavy atom. The maximum Gasteiger partial charge on any atom is 0.302 e. The molecule has 1 aliphatic rings. The van der Waals surface area contributed by atoms with E-state index < -0.39 is 0 Å². The van der Waals surface area contributed by atoms with Gasteiger partial charge in [0.1, 0.15) is 6.61 Å². The van der Waals surface area contributed by atoms with Gasteiger partial charge in [0.05, 0.1) is 0 Å². The van der Waals surface area contributed by atoms with Gasteiger partial charge in [0.25, 0.3) is 0 Å². The summed E-state index contributed by atoms with van der Waals surface area (Å²) in [5.74, 6) is 0.526. The average Bonchev–Trinajstić information content (AvgIpc) is 2.14. The average molecular weight is 182 g/mol. The Labute approximate surface area is 80.0 Å². The quantitative estimate of drug-likeness (QED) is 0.495. The summed E-state index contributed by atoms with van der Waals surface area (Å²) in [6, 6.07) is 0. The highest BCUT2D eigenvalue weighted by molar-refractivity contribution is 5.65. The van der Waals surface area contributed by atoms with Crippen molar-refractivity contribution in [2.24, 2.45) is 5.92 Å². The molecular weight excluding hydrogens is 164 g/mol. The van der Waals surface area contributed by atoms with Crippen molar-refractivity contribution >= 4 is 5.97 Å². The first-order valence-corrected chi connectivity index (χ1v) is 5.09. The number of rotatable bonds is 3. The largest absolute Gasteiger partial charge is 0.462 e. The van der Waals surface area contributed by atoms with Crippen molar-refractivity contribution in [3.63, 3.8) is 0 Å². The highest BCUT2D eigenvalue weighted by Gasteiger charge is 2.09. The first-order valence-electron chi connectivity index (χ1n) is 5.09. The molecule has 0 saturated heterocycles. The summed E-state index contributed by atoms with van der Waals surface area (Å²) in [7, 11) is 0. The Bertz CT molecular complexity index is 179. The number of carbonyl (C=O) groups is 1. The van der Waals surface area contributed by atoms with Crippen LogP contribution < -0.4 is 0 Å². The van der Waals surface area contributed by atoms with Crippen molar-refractivity contribution in [3.05, 3.63) is 12.2 Å². The van der Waals surface area contributed by atoms with Gasteiger partial charge in [0, 0.05) is 6.92 Å². The summed E-state index contributed by atoms with van der Waals surface area (Å²) < 4.78 is 4.81. The predicted molar refractivity (Wildman–Crippen MR) is 52.3 cm³/mol. The highest BCUT2D eigenvalue weighted by Crippen LogP contribution is 2.24. The molecule has 1 aliphatic carbocycles. The second-order valence-electron chi connectivity index (χ2n) is 3.63. The van der Waals surface area contributed by atoms with Gasteiger partial charge in [-0.1, -0.05) is 31.4 Å². The van der Waals surface area contributed by atoms with Crippen molar-refractivity contribution in [1.29, 1.82) is 0 Å². The van der Waals surface area contributed by atoms with E-state index in [1.165, 1.54) is 39.0 Å². The molecule has 0 spiro atoms. The standard InChI is InChI=1S/C11H18O2/c1-10(12)13-9-5-8-11-6-3-2-4-7-11/h5,8,11H,2-4,6-7,9H2,1H3. The lowest BCUT2D eigenvalue weighted by molar-refractivity contribution is -0.139. The molecule has 0 aromatic heterocycles. The first-order chi connectivity index (χ1) is 6.29. The molecule has 0 atom stereocenters. The van der Waals surface area contributed by atoms with E-state index in [9.17, 15) is 4.79 Å². The molecule has 13 heavy (non-hydrogen) atoms. The minimum atomic E-state index is -0.201. The molecule has 1 saturated carbocycles. The molecule has 0 amide bonds. The van der Waals surface area contributed by atoms with E-state index in [1.807, 2.05) is 6.08 Å². The van der Waals surface area contributed by atoms with E-state index in [2.05, 4.69) is 6.08 Å². The maximum absolute atomic E-state index is 10.4. The van der Waals surface area contributed by atoms with Crippen LogP contribution in [0.5, 0.6) is 0 Å². The summed E-state index contributed by atoms with van der Waals surface area (Å²) in [4.78, 5) is 10.4. The Hall–Kier alpha value is -0.790. The van der Waals surface area contributed by atoms with Crippen LogP contribution in [0.4, 0.5) is 0 Å². The number of carbonyl (C=O) groups excluding carboxylic acids is 1. The third kappa shape index (κ3) is 4.71. The predicted octanol–water partition coefficient (Wildman–Crippen LogP) is 2.69. The number of hydrogen-bond acceptors (Lipinski definition) is 2. The van der Waals surface area contributed by atoms with Crippen LogP contribution in [-0.2, 0) is 9.53 Å². The van der Waals surface area contributed by atoms with Gasteiger partial charge < -0.3 is 4.74 Å². The molecule has 74 valence electrons. The third-order valence-corrected chi connectivity index (χ3v) is 2.44. The lowest BCUT2D eigenvalue weighted by Crippen LogP contribution is -2.03. The summed E-state index contributed by atoms with van der Waals surface area (Å²) >= 11 is 0. The number of ether oxygens (including phenoxy) is 1. The SMILES string of the molecule is CC(=O)OCC=CC1CCCCC1. The van der Waals surface area contributed by atoms with Crippen molar-refractivity contribution in [1.82, 2.24) is 0 Å². The Morgan fingerprint density at radius 2 is 2.08 bits per heavy atom. The van der Waals surface area contributed by atoms with Crippen LogP contribution in [-0.4, -0.2) is 12.6 Å². The van der Waals surface area contributed by atoms with Crippen LogP contribution in [0.3, 0.4) is 0 Å². The number of hydrogen-bond donors (Lipinski definition) is 0. The minimum Gasteiger partial charge on any atom is -0.462 e. The fourth-order valence-corrected chi connectivity index (χ4v) is 1.74. The van der Waals surface area contributed by atoms with Gasteiger partial charge >= 0.3 is 5.97 Å². The minimum absolute atomic E-state index is 0.201. The van der Waals surface area contributed by atoms with Crippen LogP contribution in [0.15, 0.2) is 12.2 Å². The van der Waals surface area contributed by atoms with Gasteiger partial charge in [-0.15, -0.1) is 0 Å². The van der Waals surface area contributed by atoms with E-state index in [4.69, 9.17) is 4.74 Å². The summed E-state index contributed by atoms with van der Waals surface area (Å²) in [5.41, 5.74) is 0. The van der Waals surface area contributed by atoms with E-state index in [0.29, 0.717) is 6.61 Å². The smallest absolute Gasteiger partial charge is 0.302 e. The number of allylic oxidation sites excluding steroid dienone is 1. The van der Waals surface area contributed by atoms with Crippen molar-refractivity contribution in [2.75, 3.05) is 6.61 Å². The Balaban J connectivity index is 2.11. The highest BCUT2D eigenvalue weighted by atomic mass is 16.5. The second kappa shape index (κ2) is 5.79. The van der Waals surface area contributed by atoms with E-state index in [1.54, 1.807) is 0 Å². The second-order valence-corrected chi connectivity index (χ2v) is 3.63. The van der Waals surface area contributed by atoms with Crippen molar-refractivity contribution in [2.45, 2.75) is 39.0 Å². The molecule has 0 N–H and O–H groups in total. The van der Waals surface area contributed by atoms with Crippen LogP contribution in [0.2, 0.25) is 0 Å². The summed E-state index contributed by atoms with van der Waals surface area (Å²) in [6.07, 6.45) is 10.9. The van der Waals surface area contributed by atoms with Crippen molar-refractivity contribution in [3.8, 4) is 0 Å². The summed E-state index contributed by atoms with van der Waals surface area (Å²) in [6.45, 7) is 1.88. The molecule has 0 unspecified atom stereocenters. The Morgan fingerprint density at radius 1 is 1.38 bits per heavy atom. The van der Waals surface area contributed by atoms with E-state index >= 15 is 0 Å². The maximum atomic E-state index is 10.4. The molecule has 0 aromatic rings. The molecule has 0 heterocycles. The zero-order valence-electron chi connectivity index (χ0n) is 8.29. The molecule has 1 fully saturated rings.